The smallest absolute Gasteiger partial charge is 0.131 e. The van der Waals surface area contributed by atoms with Gasteiger partial charge in [0.25, 0.3) is 0 Å². The van der Waals surface area contributed by atoms with Crippen molar-refractivity contribution in [2.24, 2.45) is 0 Å². The van der Waals surface area contributed by atoms with E-state index in [-0.39, 0.29) is 5.54 Å². The molecule has 0 spiro atoms. The van der Waals surface area contributed by atoms with Crippen LogP contribution >= 0.6 is 0 Å². The minimum Gasteiger partial charge on any atom is -0.373 e. The van der Waals surface area contributed by atoms with E-state index in [1.54, 1.807) is 6.33 Å². The molecule has 1 aromatic rings. The lowest BCUT2D eigenvalue weighted by Crippen LogP contribution is -2.47. The van der Waals surface area contributed by atoms with Gasteiger partial charge in [-0.2, -0.15) is 0 Å². The Bertz CT molecular complexity index is 385. The van der Waals surface area contributed by atoms with Gasteiger partial charge >= 0.3 is 0 Å². The fourth-order valence-corrected chi connectivity index (χ4v) is 2.66. The lowest BCUT2D eigenvalue weighted by molar-refractivity contribution is 0.172. The lowest BCUT2D eigenvalue weighted by atomic mass is 9.96. The Balaban J connectivity index is 2.01. The minimum atomic E-state index is 0.282. The van der Waals surface area contributed by atoms with Gasteiger partial charge in [-0.05, 0) is 26.9 Å². The minimum absolute atomic E-state index is 0.282. The lowest BCUT2D eigenvalue weighted by Gasteiger charge is -2.36. The second-order valence-corrected chi connectivity index (χ2v) is 5.22. The molecule has 1 aliphatic rings. The SMILES string of the molecule is CNc1cc(NCC2(N(C)C)CCCC2)ncn1. The molecule has 0 atom stereocenters. The maximum atomic E-state index is 4.26. The summed E-state index contributed by atoms with van der Waals surface area (Å²) in [7, 11) is 6.21. The number of hydrogen-bond acceptors (Lipinski definition) is 5. The standard InChI is InChI=1S/C13H23N5/c1-14-11-8-12(17-10-16-11)15-9-13(18(2)3)6-4-5-7-13/h8,10H,4-7,9H2,1-3H3,(H2,14,15,16,17). The van der Waals surface area contributed by atoms with Gasteiger partial charge in [0, 0.05) is 25.2 Å². The van der Waals surface area contributed by atoms with Gasteiger partial charge in [-0.1, -0.05) is 12.8 Å². The summed E-state index contributed by atoms with van der Waals surface area (Å²) in [6, 6.07) is 1.94. The second-order valence-electron chi connectivity index (χ2n) is 5.22. The third-order valence-electron chi connectivity index (χ3n) is 4.00. The highest BCUT2D eigenvalue weighted by Gasteiger charge is 2.35. The molecule has 1 aliphatic carbocycles. The van der Waals surface area contributed by atoms with E-state index in [2.05, 4.69) is 39.6 Å². The first-order valence-corrected chi connectivity index (χ1v) is 6.57. The summed E-state index contributed by atoms with van der Waals surface area (Å²) in [4.78, 5) is 10.7. The van der Waals surface area contributed by atoms with E-state index in [1.807, 2.05) is 13.1 Å². The highest BCUT2D eigenvalue weighted by molar-refractivity contribution is 5.46. The van der Waals surface area contributed by atoms with E-state index >= 15 is 0 Å². The van der Waals surface area contributed by atoms with E-state index in [1.165, 1.54) is 25.7 Å². The Hall–Kier alpha value is -1.36. The number of anilines is 2. The van der Waals surface area contributed by atoms with Crippen LogP contribution in [0.4, 0.5) is 11.6 Å². The van der Waals surface area contributed by atoms with Crippen molar-refractivity contribution in [2.45, 2.75) is 31.2 Å². The van der Waals surface area contributed by atoms with Gasteiger partial charge in [0.05, 0.1) is 0 Å². The van der Waals surface area contributed by atoms with Gasteiger partial charge in [-0.25, -0.2) is 9.97 Å². The molecule has 2 rings (SSSR count). The summed E-state index contributed by atoms with van der Waals surface area (Å²) in [5, 5.41) is 6.48. The van der Waals surface area contributed by atoms with Crippen LogP contribution in [0.2, 0.25) is 0 Å². The highest BCUT2D eigenvalue weighted by Crippen LogP contribution is 2.33. The first kappa shape index (κ1) is 13.1. The summed E-state index contributed by atoms with van der Waals surface area (Å²) in [5.74, 6) is 1.74. The Morgan fingerprint density at radius 3 is 2.50 bits per heavy atom. The predicted molar refractivity (Wildman–Crippen MR) is 75.0 cm³/mol. The molecule has 0 unspecified atom stereocenters. The average Bonchev–Trinajstić information content (AvgIpc) is 2.87. The van der Waals surface area contributed by atoms with Gasteiger partial charge in [0.2, 0.25) is 0 Å². The molecule has 0 bridgehead atoms. The molecule has 0 amide bonds. The maximum Gasteiger partial charge on any atom is 0.131 e. The van der Waals surface area contributed by atoms with Gasteiger partial charge in [-0.15, -0.1) is 0 Å². The molecule has 18 heavy (non-hydrogen) atoms. The fraction of sp³-hybridized carbons (Fsp3) is 0.692. The van der Waals surface area contributed by atoms with Crippen molar-refractivity contribution in [3.63, 3.8) is 0 Å². The predicted octanol–water partition coefficient (Wildman–Crippen LogP) is 1.80. The molecule has 5 heteroatoms. The van der Waals surface area contributed by atoms with Crippen molar-refractivity contribution in [3.05, 3.63) is 12.4 Å². The van der Waals surface area contributed by atoms with Crippen LogP contribution in [-0.4, -0.2) is 48.1 Å². The van der Waals surface area contributed by atoms with Crippen LogP contribution in [0.25, 0.3) is 0 Å². The largest absolute Gasteiger partial charge is 0.373 e. The molecule has 0 aliphatic heterocycles. The summed E-state index contributed by atoms with van der Waals surface area (Å²) >= 11 is 0. The average molecular weight is 249 g/mol. The van der Waals surface area contributed by atoms with Crippen molar-refractivity contribution < 1.29 is 0 Å². The zero-order chi connectivity index (χ0) is 13.0. The molecule has 2 N–H and O–H groups in total. The topological polar surface area (TPSA) is 53.1 Å². The molecule has 1 heterocycles. The summed E-state index contributed by atoms with van der Waals surface area (Å²) in [6.07, 6.45) is 6.76. The van der Waals surface area contributed by atoms with Gasteiger partial charge in [0.1, 0.15) is 18.0 Å². The normalized spacial score (nSPS) is 18.0. The van der Waals surface area contributed by atoms with E-state index in [9.17, 15) is 0 Å². The quantitative estimate of drug-likeness (QED) is 0.833. The van der Waals surface area contributed by atoms with Crippen LogP contribution in [0.1, 0.15) is 25.7 Å². The third kappa shape index (κ3) is 2.72. The molecule has 5 nitrogen and oxygen atoms in total. The Labute approximate surface area is 109 Å². The molecule has 0 aromatic carbocycles. The number of hydrogen-bond donors (Lipinski definition) is 2. The number of aromatic nitrogens is 2. The van der Waals surface area contributed by atoms with Gasteiger partial charge in [-0.3, -0.25) is 0 Å². The summed E-state index contributed by atoms with van der Waals surface area (Å²) < 4.78 is 0. The first-order chi connectivity index (χ1) is 8.66. The zero-order valence-electron chi connectivity index (χ0n) is 11.5. The number of likely N-dealkylation sites (N-methyl/N-ethyl adjacent to an activating group) is 1. The summed E-state index contributed by atoms with van der Waals surface area (Å²) in [5.41, 5.74) is 0.282. The van der Waals surface area contributed by atoms with Crippen molar-refractivity contribution in [1.29, 1.82) is 0 Å². The maximum absolute atomic E-state index is 4.26. The molecular formula is C13H23N5. The zero-order valence-corrected chi connectivity index (χ0v) is 11.5. The molecule has 0 radical (unpaired) electrons. The monoisotopic (exact) mass is 249 g/mol. The fourth-order valence-electron chi connectivity index (χ4n) is 2.66. The number of nitrogens with zero attached hydrogens (tertiary/aromatic N) is 3. The second kappa shape index (κ2) is 5.52. The van der Waals surface area contributed by atoms with E-state index in [0.717, 1.165) is 18.2 Å². The van der Waals surface area contributed by atoms with Crippen LogP contribution in [0.15, 0.2) is 12.4 Å². The Morgan fingerprint density at radius 2 is 1.89 bits per heavy atom. The van der Waals surface area contributed by atoms with Gasteiger partial charge in [0.15, 0.2) is 0 Å². The molecule has 1 fully saturated rings. The summed E-state index contributed by atoms with van der Waals surface area (Å²) in [6.45, 7) is 0.945. The molecule has 0 saturated heterocycles. The molecule has 1 saturated carbocycles. The molecule has 100 valence electrons. The Kier molecular flexibility index (Phi) is 4.01. The van der Waals surface area contributed by atoms with E-state index in [4.69, 9.17) is 0 Å². The number of nitrogens with one attached hydrogen (secondary N) is 2. The van der Waals surface area contributed by atoms with Crippen molar-refractivity contribution in [1.82, 2.24) is 14.9 Å². The molecule has 1 aromatic heterocycles. The van der Waals surface area contributed by atoms with Crippen molar-refractivity contribution >= 4 is 11.6 Å². The highest BCUT2D eigenvalue weighted by atomic mass is 15.2. The molecular weight excluding hydrogens is 226 g/mol. The third-order valence-corrected chi connectivity index (χ3v) is 4.00. The van der Waals surface area contributed by atoms with Gasteiger partial charge < -0.3 is 15.5 Å². The van der Waals surface area contributed by atoms with Crippen LogP contribution in [0.3, 0.4) is 0 Å². The number of rotatable bonds is 5. The first-order valence-electron chi connectivity index (χ1n) is 6.57. The van der Waals surface area contributed by atoms with Crippen LogP contribution in [-0.2, 0) is 0 Å². The van der Waals surface area contributed by atoms with Crippen LogP contribution in [0.5, 0.6) is 0 Å². The van der Waals surface area contributed by atoms with E-state index in [0.29, 0.717) is 0 Å². The Morgan fingerprint density at radius 1 is 1.22 bits per heavy atom. The van der Waals surface area contributed by atoms with Crippen LogP contribution in [0, 0.1) is 0 Å². The van der Waals surface area contributed by atoms with E-state index < -0.39 is 0 Å². The van der Waals surface area contributed by atoms with Crippen molar-refractivity contribution in [2.75, 3.05) is 38.3 Å². The van der Waals surface area contributed by atoms with Crippen molar-refractivity contribution in [3.8, 4) is 0 Å². The van der Waals surface area contributed by atoms with Crippen LogP contribution < -0.4 is 10.6 Å².